The molecule has 0 aliphatic heterocycles. The van der Waals surface area contributed by atoms with Gasteiger partial charge in [-0.05, 0) is 80.1 Å². The van der Waals surface area contributed by atoms with Crippen molar-refractivity contribution in [1.82, 2.24) is 5.32 Å². The molecule has 26 heavy (non-hydrogen) atoms. The molecule has 0 atom stereocenters. The number of benzene rings is 1. The van der Waals surface area contributed by atoms with E-state index in [1.54, 1.807) is 18.2 Å². The SMILES string of the molecule is O=C(COC(=O)/C=C/c1ccc(F)cc1)NC12CC3CC(CC(C3)C1)C2. The summed E-state index contributed by atoms with van der Waals surface area (Å²) in [7, 11) is 0. The van der Waals surface area contributed by atoms with Gasteiger partial charge in [0.15, 0.2) is 6.61 Å². The van der Waals surface area contributed by atoms with E-state index >= 15 is 0 Å². The van der Waals surface area contributed by atoms with E-state index in [9.17, 15) is 14.0 Å². The van der Waals surface area contributed by atoms with Crippen molar-refractivity contribution in [2.45, 2.75) is 44.1 Å². The van der Waals surface area contributed by atoms with Crippen molar-refractivity contribution < 1.29 is 18.7 Å². The van der Waals surface area contributed by atoms with E-state index in [4.69, 9.17) is 4.74 Å². The third kappa shape index (κ3) is 3.81. The van der Waals surface area contributed by atoms with Crippen LogP contribution in [0.2, 0.25) is 0 Å². The molecule has 0 spiro atoms. The van der Waals surface area contributed by atoms with Crippen molar-refractivity contribution in [3.8, 4) is 0 Å². The molecular formula is C21H24FNO3. The fourth-order valence-corrected chi connectivity index (χ4v) is 5.52. The number of carbonyl (C=O) groups is 2. The van der Waals surface area contributed by atoms with Gasteiger partial charge in [-0.1, -0.05) is 12.1 Å². The van der Waals surface area contributed by atoms with Crippen molar-refractivity contribution in [3.05, 3.63) is 41.7 Å². The number of carbonyl (C=O) groups excluding carboxylic acids is 2. The Kier molecular flexibility index (Phi) is 4.55. The van der Waals surface area contributed by atoms with Gasteiger partial charge in [-0.25, -0.2) is 9.18 Å². The fourth-order valence-electron chi connectivity index (χ4n) is 5.52. The standard InChI is InChI=1S/C21H24FNO3/c22-18-4-1-14(2-5-18)3-6-20(25)26-13-19(24)23-21-10-15-7-16(11-21)9-17(8-15)12-21/h1-6,15-17H,7-13H2,(H,23,24)/b6-3+. The zero-order valence-electron chi connectivity index (χ0n) is 14.7. The van der Waals surface area contributed by atoms with Gasteiger partial charge in [0.05, 0.1) is 0 Å². The molecule has 4 saturated carbocycles. The van der Waals surface area contributed by atoms with E-state index in [-0.39, 0.29) is 23.9 Å². The van der Waals surface area contributed by atoms with Crippen LogP contribution in [-0.2, 0) is 14.3 Å². The first-order chi connectivity index (χ1) is 12.5. The smallest absolute Gasteiger partial charge is 0.331 e. The molecule has 4 nitrogen and oxygen atoms in total. The maximum atomic E-state index is 12.8. The van der Waals surface area contributed by atoms with Gasteiger partial charge in [0, 0.05) is 11.6 Å². The van der Waals surface area contributed by atoms with Crippen molar-refractivity contribution in [3.63, 3.8) is 0 Å². The lowest BCUT2D eigenvalue weighted by Gasteiger charge is -2.56. The van der Waals surface area contributed by atoms with Crippen molar-refractivity contribution in [2.75, 3.05) is 6.61 Å². The molecule has 1 aromatic carbocycles. The van der Waals surface area contributed by atoms with E-state index in [0.717, 1.165) is 37.0 Å². The highest BCUT2D eigenvalue weighted by molar-refractivity contribution is 5.89. The summed E-state index contributed by atoms with van der Waals surface area (Å²) in [6.45, 7) is -0.256. The summed E-state index contributed by atoms with van der Waals surface area (Å²) in [4.78, 5) is 24.1. The summed E-state index contributed by atoms with van der Waals surface area (Å²) in [5.74, 6) is 1.14. The van der Waals surface area contributed by atoms with Crippen molar-refractivity contribution in [2.24, 2.45) is 17.8 Å². The van der Waals surface area contributed by atoms with Crippen molar-refractivity contribution in [1.29, 1.82) is 0 Å². The lowest BCUT2D eigenvalue weighted by atomic mass is 9.53. The first kappa shape index (κ1) is 17.3. The van der Waals surface area contributed by atoms with Gasteiger partial charge in [0.2, 0.25) is 0 Å². The molecule has 0 unspecified atom stereocenters. The zero-order valence-corrected chi connectivity index (χ0v) is 14.7. The second kappa shape index (κ2) is 6.86. The molecule has 4 bridgehead atoms. The van der Waals surface area contributed by atoms with Crippen LogP contribution >= 0.6 is 0 Å². The summed E-state index contributed by atoms with van der Waals surface area (Å²) in [5.41, 5.74) is 0.628. The van der Waals surface area contributed by atoms with Gasteiger partial charge in [0.25, 0.3) is 5.91 Å². The molecule has 4 fully saturated rings. The number of esters is 1. The number of rotatable bonds is 5. The number of nitrogens with one attached hydrogen (secondary N) is 1. The second-order valence-electron chi connectivity index (χ2n) is 8.24. The topological polar surface area (TPSA) is 55.4 Å². The van der Waals surface area contributed by atoms with Crippen LogP contribution in [0.25, 0.3) is 6.08 Å². The number of hydrogen-bond donors (Lipinski definition) is 1. The molecule has 1 aromatic rings. The Hall–Kier alpha value is -2.17. The van der Waals surface area contributed by atoms with Crippen molar-refractivity contribution >= 4 is 18.0 Å². The van der Waals surface area contributed by atoms with Crippen LogP contribution in [0.1, 0.15) is 44.1 Å². The third-order valence-corrected chi connectivity index (χ3v) is 6.07. The minimum Gasteiger partial charge on any atom is -0.452 e. The van der Waals surface area contributed by atoms with E-state index in [2.05, 4.69) is 5.32 Å². The first-order valence-corrected chi connectivity index (χ1v) is 9.41. The fraction of sp³-hybridized carbons (Fsp3) is 0.524. The monoisotopic (exact) mass is 357 g/mol. The number of amides is 1. The van der Waals surface area contributed by atoms with Gasteiger partial charge < -0.3 is 10.1 Å². The summed E-state index contributed by atoms with van der Waals surface area (Å²) in [6, 6.07) is 5.78. The number of hydrogen-bond acceptors (Lipinski definition) is 3. The molecule has 0 saturated heterocycles. The van der Waals surface area contributed by atoms with Gasteiger partial charge in [-0.15, -0.1) is 0 Å². The van der Waals surface area contributed by atoms with Crippen LogP contribution in [0.15, 0.2) is 30.3 Å². The Bertz CT molecular complexity index is 690. The lowest BCUT2D eigenvalue weighted by molar-refractivity contribution is -0.145. The largest absolute Gasteiger partial charge is 0.452 e. The summed E-state index contributed by atoms with van der Waals surface area (Å²) in [5, 5.41) is 3.18. The van der Waals surface area contributed by atoms with Crippen LogP contribution in [-0.4, -0.2) is 24.0 Å². The van der Waals surface area contributed by atoms with Crippen LogP contribution in [0, 0.1) is 23.6 Å². The molecular weight excluding hydrogens is 333 g/mol. The van der Waals surface area contributed by atoms with Gasteiger partial charge in [-0.3, -0.25) is 4.79 Å². The maximum absolute atomic E-state index is 12.8. The molecule has 0 aromatic heterocycles. The summed E-state index contributed by atoms with van der Waals surface area (Å²) < 4.78 is 17.9. The predicted octanol–water partition coefficient (Wildman–Crippen LogP) is 3.47. The highest BCUT2D eigenvalue weighted by atomic mass is 19.1. The second-order valence-corrected chi connectivity index (χ2v) is 8.24. The molecule has 5 rings (SSSR count). The summed E-state index contributed by atoms with van der Waals surface area (Å²) >= 11 is 0. The Morgan fingerprint density at radius 2 is 1.65 bits per heavy atom. The first-order valence-electron chi connectivity index (χ1n) is 9.41. The van der Waals surface area contributed by atoms with Gasteiger partial charge >= 0.3 is 5.97 Å². The molecule has 4 aliphatic carbocycles. The Balaban J connectivity index is 1.26. The van der Waals surface area contributed by atoms with Crippen LogP contribution in [0.3, 0.4) is 0 Å². The highest BCUT2D eigenvalue weighted by Crippen LogP contribution is 2.55. The average molecular weight is 357 g/mol. The average Bonchev–Trinajstić information content (AvgIpc) is 2.58. The molecule has 4 aliphatic rings. The molecule has 5 heteroatoms. The van der Waals surface area contributed by atoms with E-state index in [1.165, 1.54) is 37.5 Å². The zero-order chi connectivity index (χ0) is 18.1. The Labute approximate surface area is 152 Å². The predicted molar refractivity (Wildman–Crippen MR) is 95.4 cm³/mol. The van der Waals surface area contributed by atoms with Gasteiger partial charge in [-0.2, -0.15) is 0 Å². The number of halogens is 1. The maximum Gasteiger partial charge on any atom is 0.331 e. The van der Waals surface area contributed by atoms with Crippen LogP contribution in [0.5, 0.6) is 0 Å². The molecule has 0 radical (unpaired) electrons. The normalized spacial score (nSPS) is 32.0. The summed E-state index contributed by atoms with van der Waals surface area (Å²) in [6.07, 6.45) is 9.97. The minimum atomic E-state index is -0.574. The van der Waals surface area contributed by atoms with Crippen LogP contribution < -0.4 is 5.32 Å². The van der Waals surface area contributed by atoms with Gasteiger partial charge in [0.1, 0.15) is 5.82 Å². The van der Waals surface area contributed by atoms with Crippen LogP contribution in [0.4, 0.5) is 4.39 Å². The molecule has 0 heterocycles. The minimum absolute atomic E-state index is 0.0673. The Morgan fingerprint density at radius 3 is 2.23 bits per heavy atom. The molecule has 138 valence electrons. The highest BCUT2D eigenvalue weighted by Gasteiger charge is 2.51. The quantitative estimate of drug-likeness (QED) is 0.648. The molecule has 1 N–H and O–H groups in total. The lowest BCUT2D eigenvalue weighted by Crippen LogP contribution is -2.60. The Morgan fingerprint density at radius 1 is 1.08 bits per heavy atom. The molecule has 1 amide bonds. The van der Waals surface area contributed by atoms with E-state index < -0.39 is 5.97 Å². The third-order valence-electron chi connectivity index (χ3n) is 6.07. The van der Waals surface area contributed by atoms with E-state index in [0.29, 0.717) is 5.56 Å². The number of ether oxygens (including phenoxy) is 1. The van der Waals surface area contributed by atoms with E-state index in [1.807, 2.05) is 0 Å².